The summed E-state index contributed by atoms with van der Waals surface area (Å²) in [5.74, 6) is 0.586. The van der Waals surface area contributed by atoms with Gasteiger partial charge in [-0.2, -0.15) is 0 Å². The third-order valence-electron chi connectivity index (χ3n) is 3.93. The molecular weight excluding hydrogens is 314 g/mol. The van der Waals surface area contributed by atoms with Crippen molar-refractivity contribution >= 4 is 40.7 Å². The predicted molar refractivity (Wildman–Crippen MR) is 97.1 cm³/mol. The van der Waals surface area contributed by atoms with Crippen LogP contribution in [0.3, 0.4) is 0 Å². The maximum absolute atomic E-state index is 10.9. The molecule has 0 heterocycles. The minimum atomic E-state index is -0.323. The Morgan fingerprint density at radius 2 is 2.09 bits per heavy atom. The first-order valence-electron chi connectivity index (χ1n) is 7.64. The molecule has 0 spiro atoms. The van der Waals surface area contributed by atoms with Gasteiger partial charge in [-0.1, -0.05) is 31.9 Å². The number of primary amides is 1. The van der Waals surface area contributed by atoms with E-state index in [0.29, 0.717) is 17.1 Å². The molecular formula is C16H23N3OS2. The van der Waals surface area contributed by atoms with E-state index in [2.05, 4.69) is 17.6 Å². The summed E-state index contributed by atoms with van der Waals surface area (Å²) in [5.41, 5.74) is 6.12. The topological polar surface area (TPSA) is 67.2 Å². The largest absolute Gasteiger partial charge is 0.369 e. The van der Waals surface area contributed by atoms with Crippen molar-refractivity contribution in [1.82, 2.24) is 5.32 Å². The highest BCUT2D eigenvalue weighted by Gasteiger charge is 2.21. The second-order valence-electron chi connectivity index (χ2n) is 5.72. The monoisotopic (exact) mass is 337 g/mol. The molecule has 2 atom stereocenters. The number of benzene rings is 1. The van der Waals surface area contributed by atoms with Crippen molar-refractivity contribution in [3.63, 3.8) is 0 Å². The van der Waals surface area contributed by atoms with Gasteiger partial charge in [0.05, 0.1) is 11.4 Å². The Balaban J connectivity index is 1.94. The van der Waals surface area contributed by atoms with Crippen LogP contribution in [-0.2, 0) is 4.79 Å². The number of hydrogen-bond acceptors (Lipinski definition) is 3. The smallest absolute Gasteiger partial charge is 0.227 e. The van der Waals surface area contributed by atoms with Crippen molar-refractivity contribution in [2.75, 3.05) is 11.1 Å². The fourth-order valence-electron chi connectivity index (χ4n) is 2.70. The van der Waals surface area contributed by atoms with Crippen LogP contribution in [-0.4, -0.2) is 22.8 Å². The average molecular weight is 338 g/mol. The van der Waals surface area contributed by atoms with E-state index >= 15 is 0 Å². The summed E-state index contributed by atoms with van der Waals surface area (Å²) in [6.45, 7) is 2.27. The molecule has 1 aromatic carbocycles. The molecule has 4 nitrogen and oxygen atoms in total. The Morgan fingerprint density at radius 1 is 1.36 bits per heavy atom. The number of thioether (sulfide) groups is 1. The van der Waals surface area contributed by atoms with Gasteiger partial charge in [0.25, 0.3) is 0 Å². The number of nitrogens with two attached hydrogens (primary N) is 1. The van der Waals surface area contributed by atoms with Crippen LogP contribution in [0.2, 0.25) is 0 Å². The van der Waals surface area contributed by atoms with Crippen LogP contribution in [0.1, 0.15) is 32.6 Å². The number of hydrogen-bond donors (Lipinski definition) is 3. The molecule has 0 aliphatic heterocycles. The van der Waals surface area contributed by atoms with Crippen LogP contribution >= 0.6 is 24.0 Å². The molecule has 1 aromatic rings. The van der Waals surface area contributed by atoms with Gasteiger partial charge in [-0.15, -0.1) is 11.8 Å². The molecule has 0 aromatic heterocycles. The molecule has 2 rings (SSSR count). The summed E-state index contributed by atoms with van der Waals surface area (Å²) >= 11 is 6.86. The molecule has 0 saturated heterocycles. The van der Waals surface area contributed by atoms with E-state index in [1.807, 2.05) is 24.3 Å². The highest BCUT2D eigenvalue weighted by Crippen LogP contribution is 2.27. The van der Waals surface area contributed by atoms with E-state index in [9.17, 15) is 4.79 Å². The third kappa shape index (κ3) is 5.18. The molecule has 120 valence electrons. The molecule has 0 bridgehead atoms. The number of para-hydroxylation sites is 1. The van der Waals surface area contributed by atoms with Gasteiger partial charge in [-0.3, -0.25) is 4.79 Å². The number of thiocarbonyl (C=S) groups is 1. The second kappa shape index (κ2) is 8.39. The normalized spacial score (nSPS) is 21.1. The molecule has 1 aliphatic carbocycles. The molecule has 0 radical (unpaired) electrons. The highest BCUT2D eigenvalue weighted by molar-refractivity contribution is 8.00. The van der Waals surface area contributed by atoms with Gasteiger partial charge in [-0.05, 0) is 43.1 Å². The predicted octanol–water partition coefficient (Wildman–Crippen LogP) is 3.13. The lowest BCUT2D eigenvalue weighted by Crippen LogP contribution is -2.43. The van der Waals surface area contributed by atoms with E-state index in [-0.39, 0.29) is 11.7 Å². The number of carbonyl (C=O) groups is 1. The number of amides is 1. The Bertz CT molecular complexity index is 536. The average Bonchev–Trinajstić information content (AvgIpc) is 2.48. The lowest BCUT2D eigenvalue weighted by atomic mass is 9.86. The van der Waals surface area contributed by atoms with Gasteiger partial charge in [-0.25, -0.2) is 0 Å². The Kier molecular flexibility index (Phi) is 6.51. The molecule has 1 amide bonds. The molecule has 6 heteroatoms. The molecule has 0 unspecified atom stereocenters. The summed E-state index contributed by atoms with van der Waals surface area (Å²) in [4.78, 5) is 11.9. The lowest BCUT2D eigenvalue weighted by molar-refractivity contribution is -0.115. The molecule has 22 heavy (non-hydrogen) atoms. The zero-order valence-electron chi connectivity index (χ0n) is 12.8. The van der Waals surface area contributed by atoms with Gasteiger partial charge >= 0.3 is 0 Å². The summed E-state index contributed by atoms with van der Waals surface area (Å²) in [6, 6.07) is 8.25. The molecule has 1 aliphatic rings. The summed E-state index contributed by atoms with van der Waals surface area (Å²) < 4.78 is 0. The van der Waals surface area contributed by atoms with Crippen molar-refractivity contribution in [1.29, 1.82) is 0 Å². The molecule has 1 fully saturated rings. The van der Waals surface area contributed by atoms with Crippen LogP contribution in [0.5, 0.6) is 0 Å². The van der Waals surface area contributed by atoms with Crippen LogP contribution in [0.15, 0.2) is 29.2 Å². The molecule has 1 saturated carbocycles. The first-order chi connectivity index (χ1) is 10.6. The summed E-state index contributed by atoms with van der Waals surface area (Å²) in [7, 11) is 0. The van der Waals surface area contributed by atoms with Gasteiger partial charge < -0.3 is 16.4 Å². The van der Waals surface area contributed by atoms with Crippen LogP contribution in [0.4, 0.5) is 5.69 Å². The number of anilines is 1. The second-order valence-corrected chi connectivity index (χ2v) is 7.14. The third-order valence-corrected chi connectivity index (χ3v) is 5.25. The number of nitrogens with one attached hydrogen (secondary N) is 2. The first kappa shape index (κ1) is 17.1. The zero-order chi connectivity index (χ0) is 15.9. The minimum Gasteiger partial charge on any atom is -0.369 e. The van der Waals surface area contributed by atoms with E-state index in [4.69, 9.17) is 18.0 Å². The Morgan fingerprint density at radius 3 is 2.82 bits per heavy atom. The van der Waals surface area contributed by atoms with E-state index in [0.717, 1.165) is 10.6 Å². The van der Waals surface area contributed by atoms with Gasteiger partial charge in [0.2, 0.25) is 5.91 Å². The first-order valence-corrected chi connectivity index (χ1v) is 9.03. The van der Waals surface area contributed by atoms with Gasteiger partial charge in [0, 0.05) is 10.9 Å². The fourth-order valence-corrected chi connectivity index (χ4v) is 3.71. The lowest BCUT2D eigenvalue weighted by Gasteiger charge is -2.30. The van der Waals surface area contributed by atoms with Crippen LogP contribution in [0.25, 0.3) is 0 Å². The van der Waals surface area contributed by atoms with Crippen LogP contribution < -0.4 is 16.4 Å². The Hall–Kier alpha value is -1.27. The maximum atomic E-state index is 10.9. The van der Waals surface area contributed by atoms with E-state index < -0.39 is 0 Å². The van der Waals surface area contributed by atoms with Gasteiger partial charge in [0.15, 0.2) is 5.11 Å². The fraction of sp³-hybridized carbons (Fsp3) is 0.500. The standard InChI is InChI=1S/C16H23N3OS2/c1-11-6-2-3-7-12(11)18-16(21)19-13-8-4-5-9-14(13)22-10-15(17)20/h4-5,8-9,11-12H,2-3,6-7,10H2,1H3,(H2,17,20)(H2,18,19,21)/t11-,12+/m0/s1. The van der Waals surface area contributed by atoms with Crippen molar-refractivity contribution < 1.29 is 4.79 Å². The highest BCUT2D eigenvalue weighted by atomic mass is 32.2. The molecule has 4 N–H and O–H groups in total. The SMILES string of the molecule is C[C@H]1CCCC[C@H]1NC(=S)Nc1ccccc1SCC(N)=O. The number of rotatable bonds is 5. The van der Waals surface area contributed by atoms with E-state index in [1.54, 1.807) is 0 Å². The summed E-state index contributed by atoms with van der Waals surface area (Å²) in [6.07, 6.45) is 4.99. The quantitative estimate of drug-likeness (QED) is 0.569. The number of carbonyl (C=O) groups excluding carboxylic acids is 1. The van der Waals surface area contributed by atoms with E-state index in [1.165, 1.54) is 37.4 Å². The van der Waals surface area contributed by atoms with Gasteiger partial charge in [0.1, 0.15) is 0 Å². The minimum absolute atomic E-state index is 0.262. The van der Waals surface area contributed by atoms with Crippen molar-refractivity contribution in [2.24, 2.45) is 11.7 Å². The summed E-state index contributed by atoms with van der Waals surface area (Å²) in [5, 5.41) is 7.32. The maximum Gasteiger partial charge on any atom is 0.227 e. The van der Waals surface area contributed by atoms with Crippen LogP contribution in [0, 0.1) is 5.92 Å². The van der Waals surface area contributed by atoms with Crippen molar-refractivity contribution in [3.05, 3.63) is 24.3 Å². The zero-order valence-corrected chi connectivity index (χ0v) is 14.4. The Labute approximate surface area is 141 Å². The van der Waals surface area contributed by atoms with Crippen molar-refractivity contribution in [3.8, 4) is 0 Å². The van der Waals surface area contributed by atoms with Crippen molar-refractivity contribution in [2.45, 2.75) is 43.5 Å².